The smallest absolute Gasteiger partial charge is 0.247 e. The first kappa shape index (κ1) is 15.7. The van der Waals surface area contributed by atoms with Gasteiger partial charge in [0.05, 0.1) is 0 Å². The van der Waals surface area contributed by atoms with Crippen molar-refractivity contribution in [1.82, 2.24) is 15.1 Å². The molecule has 5 nitrogen and oxygen atoms in total. The summed E-state index contributed by atoms with van der Waals surface area (Å²) in [5, 5.41) is 8.16. The van der Waals surface area contributed by atoms with Crippen molar-refractivity contribution in [3.8, 4) is 11.5 Å². The zero-order valence-corrected chi connectivity index (χ0v) is 13.8. The number of carbonyl (C=O) groups is 1. The lowest BCUT2D eigenvalue weighted by molar-refractivity contribution is -0.132. The fraction of sp³-hybridized carbons (Fsp3) is 0.500. The van der Waals surface area contributed by atoms with Crippen molar-refractivity contribution < 1.29 is 9.21 Å². The van der Waals surface area contributed by atoms with Gasteiger partial charge in [0.1, 0.15) is 0 Å². The first-order chi connectivity index (χ1) is 11.1. The molecule has 122 valence electrons. The molecule has 1 atom stereocenters. The number of aromatic nitrogens is 2. The SMILES string of the molecule is Cc1cccc(-c2nnc(CCC(=O)N3CCCC(C)C3)o2)c1. The second kappa shape index (κ2) is 6.94. The number of carbonyl (C=O) groups excluding carboxylic acids is 1. The molecule has 0 bridgehead atoms. The lowest BCUT2D eigenvalue weighted by atomic mass is 10.00. The van der Waals surface area contributed by atoms with Crippen LogP contribution >= 0.6 is 0 Å². The van der Waals surface area contributed by atoms with Gasteiger partial charge < -0.3 is 9.32 Å². The molecule has 1 fully saturated rings. The van der Waals surface area contributed by atoms with Crippen LogP contribution in [0.2, 0.25) is 0 Å². The molecule has 0 radical (unpaired) electrons. The van der Waals surface area contributed by atoms with Gasteiger partial charge in [-0.15, -0.1) is 10.2 Å². The third-order valence-corrected chi connectivity index (χ3v) is 4.29. The Kier molecular flexibility index (Phi) is 4.74. The maximum absolute atomic E-state index is 12.3. The molecule has 1 aliphatic rings. The standard InChI is InChI=1S/C18H23N3O2/c1-13-5-3-7-15(11-13)18-20-19-16(23-18)8-9-17(22)21-10-4-6-14(2)12-21/h3,5,7,11,14H,4,6,8-10,12H2,1-2H3. The first-order valence-electron chi connectivity index (χ1n) is 8.29. The summed E-state index contributed by atoms with van der Waals surface area (Å²) in [6.07, 6.45) is 3.25. The van der Waals surface area contributed by atoms with Crippen LogP contribution in [0.4, 0.5) is 0 Å². The Bertz CT molecular complexity index is 680. The predicted molar refractivity (Wildman–Crippen MR) is 87.8 cm³/mol. The number of amides is 1. The minimum absolute atomic E-state index is 0.187. The number of aryl methyl sites for hydroxylation is 2. The van der Waals surface area contributed by atoms with Crippen molar-refractivity contribution in [3.63, 3.8) is 0 Å². The van der Waals surface area contributed by atoms with E-state index in [1.807, 2.05) is 36.1 Å². The Balaban J connectivity index is 1.58. The summed E-state index contributed by atoms with van der Waals surface area (Å²) in [7, 11) is 0. The Morgan fingerprint density at radius 2 is 2.26 bits per heavy atom. The number of hydrogen-bond donors (Lipinski definition) is 0. The maximum atomic E-state index is 12.3. The summed E-state index contributed by atoms with van der Waals surface area (Å²) >= 11 is 0. The Hall–Kier alpha value is -2.17. The number of nitrogens with zero attached hydrogens (tertiary/aromatic N) is 3. The van der Waals surface area contributed by atoms with Gasteiger partial charge in [0.2, 0.25) is 17.7 Å². The molecule has 2 aromatic rings. The van der Waals surface area contributed by atoms with Crippen LogP contribution in [-0.2, 0) is 11.2 Å². The average Bonchev–Trinajstić information content (AvgIpc) is 3.01. The normalized spacial score (nSPS) is 18.2. The van der Waals surface area contributed by atoms with Gasteiger partial charge in [-0.1, -0.05) is 24.6 Å². The molecule has 1 unspecified atom stereocenters. The molecule has 5 heteroatoms. The molecule has 0 N–H and O–H groups in total. The Labute approximate surface area is 136 Å². The summed E-state index contributed by atoms with van der Waals surface area (Å²) in [5.74, 6) is 1.83. The fourth-order valence-corrected chi connectivity index (χ4v) is 3.04. The summed E-state index contributed by atoms with van der Waals surface area (Å²) in [6.45, 7) is 5.98. The van der Waals surface area contributed by atoms with E-state index >= 15 is 0 Å². The summed E-state index contributed by atoms with van der Waals surface area (Å²) < 4.78 is 5.69. The molecule has 0 saturated carbocycles. The van der Waals surface area contributed by atoms with Crippen LogP contribution in [0.3, 0.4) is 0 Å². The van der Waals surface area contributed by atoms with Crippen molar-refractivity contribution in [2.24, 2.45) is 5.92 Å². The van der Waals surface area contributed by atoms with Crippen LogP contribution in [0.15, 0.2) is 28.7 Å². The molecule has 1 saturated heterocycles. The zero-order chi connectivity index (χ0) is 16.2. The average molecular weight is 313 g/mol. The van der Waals surface area contributed by atoms with Gasteiger partial charge in [0, 0.05) is 31.5 Å². The molecule has 23 heavy (non-hydrogen) atoms. The van der Waals surface area contributed by atoms with E-state index < -0.39 is 0 Å². The second-order valence-electron chi connectivity index (χ2n) is 6.46. The van der Waals surface area contributed by atoms with Gasteiger partial charge in [-0.2, -0.15) is 0 Å². The van der Waals surface area contributed by atoms with Crippen molar-refractivity contribution in [2.75, 3.05) is 13.1 Å². The quantitative estimate of drug-likeness (QED) is 0.869. The lowest BCUT2D eigenvalue weighted by Gasteiger charge is -2.30. The molecule has 1 aromatic carbocycles. The highest BCUT2D eigenvalue weighted by Crippen LogP contribution is 2.20. The van der Waals surface area contributed by atoms with E-state index in [2.05, 4.69) is 17.1 Å². The van der Waals surface area contributed by atoms with E-state index in [0.717, 1.165) is 30.6 Å². The van der Waals surface area contributed by atoms with Crippen molar-refractivity contribution >= 4 is 5.91 Å². The van der Waals surface area contributed by atoms with Gasteiger partial charge >= 0.3 is 0 Å². The van der Waals surface area contributed by atoms with Crippen molar-refractivity contribution in [2.45, 2.75) is 39.5 Å². The number of piperidine rings is 1. The number of benzene rings is 1. The van der Waals surface area contributed by atoms with Crippen LogP contribution in [0.25, 0.3) is 11.5 Å². The first-order valence-corrected chi connectivity index (χ1v) is 8.29. The number of rotatable bonds is 4. The van der Waals surface area contributed by atoms with Crippen LogP contribution in [-0.4, -0.2) is 34.1 Å². The minimum atomic E-state index is 0.187. The molecule has 1 aromatic heterocycles. The Morgan fingerprint density at radius 1 is 1.39 bits per heavy atom. The van der Waals surface area contributed by atoms with E-state index in [0.29, 0.717) is 30.5 Å². The van der Waals surface area contributed by atoms with Crippen LogP contribution in [0.1, 0.15) is 37.6 Å². The van der Waals surface area contributed by atoms with E-state index in [-0.39, 0.29) is 5.91 Å². The largest absolute Gasteiger partial charge is 0.421 e. The zero-order valence-electron chi connectivity index (χ0n) is 13.8. The van der Waals surface area contributed by atoms with Gasteiger partial charge in [-0.05, 0) is 37.8 Å². The topological polar surface area (TPSA) is 59.2 Å². The number of hydrogen-bond acceptors (Lipinski definition) is 4. The molecule has 1 amide bonds. The highest BCUT2D eigenvalue weighted by atomic mass is 16.4. The van der Waals surface area contributed by atoms with Gasteiger partial charge in [-0.25, -0.2) is 0 Å². The van der Waals surface area contributed by atoms with E-state index in [1.165, 1.54) is 6.42 Å². The van der Waals surface area contributed by atoms with Gasteiger partial charge in [0.25, 0.3) is 0 Å². The maximum Gasteiger partial charge on any atom is 0.247 e. The van der Waals surface area contributed by atoms with Crippen LogP contribution in [0.5, 0.6) is 0 Å². The molecule has 2 heterocycles. The highest BCUT2D eigenvalue weighted by molar-refractivity contribution is 5.76. The minimum Gasteiger partial charge on any atom is -0.421 e. The molecular formula is C18H23N3O2. The highest BCUT2D eigenvalue weighted by Gasteiger charge is 2.21. The molecular weight excluding hydrogens is 290 g/mol. The number of likely N-dealkylation sites (tertiary alicyclic amines) is 1. The van der Waals surface area contributed by atoms with Crippen molar-refractivity contribution in [1.29, 1.82) is 0 Å². The van der Waals surface area contributed by atoms with Crippen molar-refractivity contribution in [3.05, 3.63) is 35.7 Å². The fourth-order valence-electron chi connectivity index (χ4n) is 3.04. The van der Waals surface area contributed by atoms with E-state index in [1.54, 1.807) is 0 Å². The monoisotopic (exact) mass is 313 g/mol. The third kappa shape index (κ3) is 3.97. The third-order valence-electron chi connectivity index (χ3n) is 4.29. The van der Waals surface area contributed by atoms with Crippen LogP contribution in [0, 0.1) is 12.8 Å². The summed E-state index contributed by atoms with van der Waals surface area (Å²) in [6, 6.07) is 7.96. The summed E-state index contributed by atoms with van der Waals surface area (Å²) in [4.78, 5) is 14.2. The molecule has 1 aliphatic heterocycles. The lowest BCUT2D eigenvalue weighted by Crippen LogP contribution is -2.39. The van der Waals surface area contributed by atoms with E-state index in [4.69, 9.17) is 4.42 Å². The second-order valence-corrected chi connectivity index (χ2v) is 6.46. The van der Waals surface area contributed by atoms with Gasteiger partial charge in [0.15, 0.2) is 0 Å². The van der Waals surface area contributed by atoms with Crippen LogP contribution < -0.4 is 0 Å². The predicted octanol–water partition coefficient (Wildman–Crippen LogP) is 3.24. The van der Waals surface area contributed by atoms with Gasteiger partial charge in [-0.3, -0.25) is 4.79 Å². The van der Waals surface area contributed by atoms with E-state index in [9.17, 15) is 4.79 Å². The molecule has 0 aliphatic carbocycles. The summed E-state index contributed by atoms with van der Waals surface area (Å²) in [5.41, 5.74) is 2.07. The molecule has 0 spiro atoms. The Morgan fingerprint density at radius 3 is 3.04 bits per heavy atom. The molecule has 3 rings (SSSR count).